The fraction of sp³-hybridized carbons (Fsp3) is 0.250. The largest absolute Gasteiger partial charge is 0.454 e. The monoisotopic (exact) mass is 399 g/mol. The van der Waals surface area contributed by atoms with Crippen molar-refractivity contribution in [1.29, 1.82) is 0 Å². The Kier molecular flexibility index (Phi) is 5.03. The van der Waals surface area contributed by atoms with E-state index in [1.807, 2.05) is 0 Å². The first-order chi connectivity index (χ1) is 14.0. The summed E-state index contributed by atoms with van der Waals surface area (Å²) in [5.41, 5.74) is 1.05. The second-order valence-electron chi connectivity index (χ2n) is 6.72. The van der Waals surface area contributed by atoms with Crippen molar-refractivity contribution in [2.45, 2.75) is 6.42 Å². The molecule has 0 aromatic heterocycles. The van der Waals surface area contributed by atoms with Crippen LogP contribution in [0.1, 0.15) is 6.42 Å². The highest BCUT2D eigenvalue weighted by atomic mass is 19.1. The van der Waals surface area contributed by atoms with Gasteiger partial charge in [-0.05, 0) is 36.4 Å². The molecule has 2 aromatic rings. The smallest absolute Gasteiger partial charge is 0.243 e. The molecule has 0 saturated carbocycles. The number of rotatable bonds is 5. The van der Waals surface area contributed by atoms with E-state index in [9.17, 15) is 18.8 Å². The van der Waals surface area contributed by atoms with E-state index in [1.54, 1.807) is 18.2 Å². The number of amides is 3. The number of benzene rings is 2. The number of hydrogen-bond acceptors (Lipinski definition) is 5. The fourth-order valence-corrected chi connectivity index (χ4v) is 3.24. The zero-order valence-corrected chi connectivity index (χ0v) is 15.3. The summed E-state index contributed by atoms with van der Waals surface area (Å²) in [5.74, 6) is -0.846. The van der Waals surface area contributed by atoms with Crippen LogP contribution in [-0.4, -0.2) is 37.6 Å². The molecule has 1 unspecified atom stereocenters. The van der Waals surface area contributed by atoms with E-state index >= 15 is 0 Å². The maximum atomic E-state index is 13.1. The molecule has 0 spiro atoms. The summed E-state index contributed by atoms with van der Waals surface area (Å²) in [4.78, 5) is 38.1. The van der Waals surface area contributed by atoms with Gasteiger partial charge in [0.1, 0.15) is 5.82 Å². The van der Waals surface area contributed by atoms with Crippen molar-refractivity contribution in [2.75, 3.05) is 30.1 Å². The first-order valence-corrected chi connectivity index (χ1v) is 9.03. The highest BCUT2D eigenvalue weighted by molar-refractivity contribution is 6.01. The van der Waals surface area contributed by atoms with E-state index in [0.29, 0.717) is 22.9 Å². The van der Waals surface area contributed by atoms with Crippen LogP contribution < -0.4 is 25.0 Å². The Morgan fingerprint density at radius 2 is 1.86 bits per heavy atom. The molecule has 3 amide bonds. The molecule has 4 rings (SSSR count). The van der Waals surface area contributed by atoms with Crippen LogP contribution in [0.5, 0.6) is 11.5 Å². The van der Waals surface area contributed by atoms with Gasteiger partial charge in [0, 0.05) is 30.4 Å². The van der Waals surface area contributed by atoms with Gasteiger partial charge in [0.15, 0.2) is 11.5 Å². The lowest BCUT2D eigenvalue weighted by Crippen LogP contribution is -2.37. The molecule has 2 aliphatic rings. The maximum Gasteiger partial charge on any atom is 0.243 e. The average Bonchev–Trinajstić information content (AvgIpc) is 3.33. The van der Waals surface area contributed by atoms with Gasteiger partial charge in [-0.15, -0.1) is 0 Å². The summed E-state index contributed by atoms with van der Waals surface area (Å²) in [6.45, 7) is 0.0897. The molecule has 2 aromatic carbocycles. The number of hydrogen-bond donors (Lipinski definition) is 2. The number of ether oxygens (including phenoxy) is 2. The number of carbonyl (C=O) groups excluding carboxylic acids is 3. The van der Waals surface area contributed by atoms with Crippen molar-refractivity contribution in [1.82, 2.24) is 5.32 Å². The van der Waals surface area contributed by atoms with Gasteiger partial charge < -0.3 is 25.0 Å². The van der Waals surface area contributed by atoms with Gasteiger partial charge >= 0.3 is 0 Å². The zero-order chi connectivity index (χ0) is 20.4. The minimum atomic E-state index is -0.578. The van der Waals surface area contributed by atoms with Crippen LogP contribution in [0.15, 0.2) is 42.5 Å². The standard InChI is InChI=1S/C20H18FN3O5/c21-13-1-4-15(5-2-13)24-10-12(7-19(24)26)20(27)22-9-18(25)23-14-3-6-16-17(8-14)29-11-28-16/h1-6,8,12H,7,9-11H2,(H,22,27)(H,23,25). The molecule has 0 radical (unpaired) electrons. The molecule has 150 valence electrons. The molecule has 0 bridgehead atoms. The first-order valence-electron chi connectivity index (χ1n) is 9.03. The third-order valence-electron chi connectivity index (χ3n) is 4.71. The normalized spacial score (nSPS) is 17.3. The summed E-state index contributed by atoms with van der Waals surface area (Å²) in [7, 11) is 0. The Morgan fingerprint density at radius 3 is 2.66 bits per heavy atom. The number of fused-ring (bicyclic) bond motifs is 1. The zero-order valence-electron chi connectivity index (χ0n) is 15.3. The molecule has 9 heteroatoms. The van der Waals surface area contributed by atoms with E-state index in [0.717, 1.165) is 0 Å². The SMILES string of the molecule is O=C(CNC(=O)C1CC(=O)N(c2ccc(F)cc2)C1)Nc1ccc2c(c1)OCO2. The third-order valence-corrected chi connectivity index (χ3v) is 4.71. The summed E-state index contributed by atoms with van der Waals surface area (Å²) >= 11 is 0. The quantitative estimate of drug-likeness (QED) is 0.797. The van der Waals surface area contributed by atoms with Gasteiger partial charge in [-0.25, -0.2) is 4.39 Å². The lowest BCUT2D eigenvalue weighted by molar-refractivity contribution is -0.127. The van der Waals surface area contributed by atoms with Gasteiger partial charge in [-0.2, -0.15) is 0 Å². The summed E-state index contributed by atoms with van der Waals surface area (Å²) in [6, 6.07) is 10.5. The van der Waals surface area contributed by atoms with Crippen molar-refractivity contribution >= 4 is 29.1 Å². The maximum absolute atomic E-state index is 13.1. The van der Waals surface area contributed by atoms with E-state index in [-0.39, 0.29) is 38.1 Å². The van der Waals surface area contributed by atoms with Gasteiger partial charge in [-0.3, -0.25) is 14.4 Å². The molecular weight excluding hydrogens is 381 g/mol. The second kappa shape index (κ2) is 7.78. The number of nitrogens with one attached hydrogen (secondary N) is 2. The predicted molar refractivity (Wildman–Crippen MR) is 101 cm³/mol. The molecule has 2 heterocycles. The second-order valence-corrected chi connectivity index (χ2v) is 6.72. The van der Waals surface area contributed by atoms with Crippen molar-refractivity contribution in [2.24, 2.45) is 5.92 Å². The van der Waals surface area contributed by atoms with Gasteiger partial charge in [0.05, 0.1) is 12.5 Å². The van der Waals surface area contributed by atoms with Crippen molar-refractivity contribution in [3.8, 4) is 11.5 Å². The first kappa shape index (κ1) is 18.7. The number of halogens is 1. The van der Waals surface area contributed by atoms with Gasteiger partial charge in [-0.1, -0.05) is 0 Å². The van der Waals surface area contributed by atoms with E-state index in [2.05, 4.69) is 10.6 Å². The number of nitrogens with zero attached hydrogens (tertiary/aromatic N) is 1. The molecule has 1 saturated heterocycles. The Hall–Kier alpha value is -3.62. The van der Waals surface area contributed by atoms with Crippen LogP contribution in [0.2, 0.25) is 0 Å². The van der Waals surface area contributed by atoms with E-state index in [4.69, 9.17) is 9.47 Å². The third kappa shape index (κ3) is 4.13. The molecule has 29 heavy (non-hydrogen) atoms. The number of anilines is 2. The van der Waals surface area contributed by atoms with Crippen molar-refractivity contribution in [3.05, 3.63) is 48.3 Å². The minimum absolute atomic E-state index is 0.0347. The average molecular weight is 399 g/mol. The Morgan fingerprint density at radius 1 is 1.10 bits per heavy atom. The molecule has 2 aliphatic heterocycles. The predicted octanol–water partition coefficient (Wildman–Crippen LogP) is 1.66. The molecule has 2 N–H and O–H groups in total. The Bertz CT molecular complexity index is 963. The highest BCUT2D eigenvalue weighted by Gasteiger charge is 2.35. The van der Waals surface area contributed by atoms with Crippen molar-refractivity contribution < 1.29 is 28.2 Å². The van der Waals surface area contributed by atoms with Gasteiger partial charge in [0.25, 0.3) is 0 Å². The van der Waals surface area contributed by atoms with Crippen molar-refractivity contribution in [3.63, 3.8) is 0 Å². The lowest BCUT2D eigenvalue weighted by Gasteiger charge is -2.16. The molecule has 0 aliphatic carbocycles. The Balaban J connectivity index is 1.29. The highest BCUT2D eigenvalue weighted by Crippen LogP contribution is 2.34. The van der Waals surface area contributed by atoms with Crippen LogP contribution in [-0.2, 0) is 14.4 Å². The topological polar surface area (TPSA) is 97.0 Å². The van der Waals surface area contributed by atoms with E-state index in [1.165, 1.54) is 29.2 Å². The van der Waals surface area contributed by atoms with Crippen LogP contribution in [0, 0.1) is 11.7 Å². The lowest BCUT2D eigenvalue weighted by atomic mass is 10.1. The van der Waals surface area contributed by atoms with Gasteiger partial charge in [0.2, 0.25) is 24.5 Å². The molecular formula is C20H18FN3O5. The summed E-state index contributed by atoms with van der Waals surface area (Å²) in [6.07, 6.45) is 0.0347. The number of carbonyl (C=O) groups is 3. The van der Waals surface area contributed by atoms with Crippen LogP contribution in [0.25, 0.3) is 0 Å². The summed E-state index contributed by atoms with van der Waals surface area (Å²) in [5, 5.41) is 5.22. The van der Waals surface area contributed by atoms with Crippen LogP contribution in [0.3, 0.4) is 0 Å². The Labute approximate surface area is 165 Å². The minimum Gasteiger partial charge on any atom is -0.454 e. The molecule has 1 atom stereocenters. The molecule has 8 nitrogen and oxygen atoms in total. The van der Waals surface area contributed by atoms with E-state index < -0.39 is 17.6 Å². The van der Waals surface area contributed by atoms with Crippen LogP contribution in [0.4, 0.5) is 15.8 Å². The summed E-state index contributed by atoms with van der Waals surface area (Å²) < 4.78 is 23.5. The molecule has 1 fully saturated rings. The van der Waals surface area contributed by atoms with Crippen LogP contribution >= 0.6 is 0 Å². The fourth-order valence-electron chi connectivity index (χ4n) is 3.24.